The first-order valence-corrected chi connectivity index (χ1v) is 8.03. The van der Waals surface area contributed by atoms with Gasteiger partial charge in [0.2, 0.25) is 0 Å². The maximum Gasteiger partial charge on any atom is 0.126 e. The van der Waals surface area contributed by atoms with Crippen LogP contribution in [0.15, 0.2) is 4.90 Å². The largest absolute Gasteiger partial charge is 0.487 e. The van der Waals surface area contributed by atoms with Crippen molar-refractivity contribution in [2.75, 3.05) is 0 Å². The Morgan fingerprint density at radius 3 is 2.21 bits per heavy atom. The van der Waals surface area contributed by atoms with Gasteiger partial charge in [-0.3, -0.25) is 9.11 Å². The summed E-state index contributed by atoms with van der Waals surface area (Å²) in [7, 11) is -3.20. The zero-order valence-corrected chi connectivity index (χ0v) is 13.0. The smallest absolute Gasteiger partial charge is 0.126 e. The number of hydrogen-bond acceptors (Lipinski definition) is 4. The summed E-state index contributed by atoms with van der Waals surface area (Å²) in [5, 5.41) is 5.57. The van der Waals surface area contributed by atoms with E-state index in [4.69, 9.17) is 9.88 Å². The zero-order chi connectivity index (χ0) is 14.6. The molecule has 1 aromatic carbocycles. The molecule has 2 rings (SSSR count). The van der Waals surface area contributed by atoms with E-state index in [1.54, 1.807) is 0 Å². The van der Waals surface area contributed by atoms with Gasteiger partial charge in [-0.05, 0) is 69.7 Å². The van der Waals surface area contributed by atoms with Gasteiger partial charge in [-0.25, -0.2) is 5.14 Å². The molecule has 1 heterocycles. The summed E-state index contributed by atoms with van der Waals surface area (Å²) < 4.78 is 25.8. The van der Waals surface area contributed by atoms with Crippen molar-refractivity contribution >= 4 is 10.8 Å². The maximum atomic E-state index is 9.86. The van der Waals surface area contributed by atoms with Gasteiger partial charge in [0.15, 0.2) is 0 Å². The average molecular weight is 285 g/mol. The van der Waals surface area contributed by atoms with Crippen LogP contribution in [0.1, 0.15) is 42.5 Å². The van der Waals surface area contributed by atoms with Crippen LogP contribution in [0.2, 0.25) is 0 Å². The number of fused-ring (bicyclic) bond motifs is 1. The number of rotatable bonds is 1. The van der Waals surface area contributed by atoms with Gasteiger partial charge in [0.25, 0.3) is 0 Å². The Balaban J connectivity index is 2.71. The second-order valence-corrected chi connectivity index (χ2v) is 7.56. The minimum absolute atomic E-state index is 0.177. The average Bonchev–Trinajstić information content (AvgIpc) is 2.23. The van der Waals surface area contributed by atoms with Gasteiger partial charge < -0.3 is 4.74 Å². The van der Waals surface area contributed by atoms with E-state index in [2.05, 4.69) is 13.8 Å². The molecule has 0 spiro atoms. The van der Waals surface area contributed by atoms with Crippen LogP contribution < -0.4 is 9.88 Å². The molecule has 0 saturated carbocycles. The maximum absolute atomic E-state index is 9.86. The van der Waals surface area contributed by atoms with Gasteiger partial charge in [-0.2, -0.15) is 0 Å². The molecule has 5 heteroatoms. The Hall–Kier alpha value is -0.750. The first-order chi connectivity index (χ1) is 8.54. The van der Waals surface area contributed by atoms with Crippen molar-refractivity contribution in [2.24, 2.45) is 5.14 Å². The van der Waals surface area contributed by atoms with Crippen molar-refractivity contribution in [3.63, 3.8) is 0 Å². The number of ether oxygens (including phenoxy) is 1. The third kappa shape index (κ3) is 2.48. The summed E-state index contributed by atoms with van der Waals surface area (Å²) in [6.07, 6.45) is 1.78. The van der Waals surface area contributed by atoms with Crippen LogP contribution in [-0.4, -0.2) is 14.7 Å². The lowest BCUT2D eigenvalue weighted by Crippen LogP contribution is -2.34. The molecule has 1 aliphatic heterocycles. The van der Waals surface area contributed by atoms with E-state index in [0.717, 1.165) is 40.8 Å². The zero-order valence-electron chi connectivity index (χ0n) is 12.2. The van der Waals surface area contributed by atoms with Crippen LogP contribution in [-0.2, 0) is 6.42 Å². The van der Waals surface area contributed by atoms with Gasteiger partial charge >= 0.3 is 0 Å². The first kappa shape index (κ1) is 14.7. The van der Waals surface area contributed by atoms with Gasteiger partial charge in [0, 0.05) is 0 Å². The van der Waals surface area contributed by atoms with Crippen LogP contribution in [0.25, 0.3) is 0 Å². The molecule has 4 N–H and O–H groups in total. The van der Waals surface area contributed by atoms with E-state index in [0.29, 0.717) is 4.90 Å². The Bertz CT molecular complexity index is 533. The normalized spacial score (nSPS) is 18.7. The van der Waals surface area contributed by atoms with Crippen molar-refractivity contribution in [2.45, 2.75) is 58.0 Å². The quantitative estimate of drug-likeness (QED) is 0.735. The highest BCUT2D eigenvalue weighted by molar-refractivity contribution is 8.22. The van der Waals surface area contributed by atoms with E-state index in [1.165, 1.54) is 0 Å². The van der Waals surface area contributed by atoms with Crippen LogP contribution in [0.3, 0.4) is 0 Å². The third-order valence-electron chi connectivity index (χ3n) is 3.97. The summed E-state index contributed by atoms with van der Waals surface area (Å²) in [5.41, 5.74) is 3.51. The summed E-state index contributed by atoms with van der Waals surface area (Å²) in [5.74, 6) is 0.888. The third-order valence-corrected chi connectivity index (χ3v) is 5.18. The molecule has 19 heavy (non-hydrogen) atoms. The number of benzene rings is 1. The molecular formula is C14H23NO3S. The molecule has 1 aromatic rings. The number of hydrogen-bond donors (Lipinski definition) is 3. The standard InChI is InChI=1S/C14H23NO3S/c1-8-9(2)13(19(15,16)17)10(3)11-6-7-14(4,5)18-12(8)11/h16-17H,6-7,15H2,1-5H3. The Morgan fingerprint density at radius 1 is 1.11 bits per heavy atom. The van der Waals surface area contributed by atoms with Crippen LogP contribution >= 0.6 is 10.8 Å². The Morgan fingerprint density at radius 2 is 1.68 bits per heavy atom. The van der Waals surface area contributed by atoms with E-state index < -0.39 is 10.8 Å². The van der Waals surface area contributed by atoms with Crippen molar-refractivity contribution in [3.05, 3.63) is 22.3 Å². The first-order valence-electron chi connectivity index (χ1n) is 6.42. The fraction of sp³-hybridized carbons (Fsp3) is 0.571. The van der Waals surface area contributed by atoms with Gasteiger partial charge in [-0.15, -0.1) is 10.8 Å². The molecule has 4 nitrogen and oxygen atoms in total. The fourth-order valence-corrected chi connectivity index (χ4v) is 3.98. The van der Waals surface area contributed by atoms with Crippen molar-refractivity contribution in [1.82, 2.24) is 0 Å². The molecule has 0 aromatic heterocycles. The minimum Gasteiger partial charge on any atom is -0.487 e. The minimum atomic E-state index is -3.20. The van der Waals surface area contributed by atoms with Crippen molar-refractivity contribution in [1.29, 1.82) is 0 Å². The topological polar surface area (TPSA) is 75.7 Å². The number of nitrogens with two attached hydrogens (primary N) is 1. The highest BCUT2D eigenvalue weighted by Gasteiger charge is 2.32. The van der Waals surface area contributed by atoms with E-state index in [1.807, 2.05) is 20.8 Å². The SMILES string of the molecule is Cc1c(C)c(S(N)(O)O)c(C)c2c1OC(C)(C)CC2. The molecule has 0 saturated heterocycles. The molecule has 0 atom stereocenters. The summed E-state index contributed by atoms with van der Waals surface area (Å²) in [6, 6.07) is 0. The Labute approximate surface area is 116 Å². The predicted octanol–water partition coefficient (Wildman–Crippen LogP) is 3.70. The summed E-state index contributed by atoms with van der Waals surface area (Å²) in [4.78, 5) is 0.479. The van der Waals surface area contributed by atoms with Crippen LogP contribution in [0.4, 0.5) is 0 Å². The predicted molar refractivity (Wildman–Crippen MR) is 79.0 cm³/mol. The monoisotopic (exact) mass is 285 g/mol. The van der Waals surface area contributed by atoms with E-state index >= 15 is 0 Å². The Kier molecular flexibility index (Phi) is 3.38. The summed E-state index contributed by atoms with van der Waals surface area (Å²) >= 11 is 0. The molecule has 0 unspecified atom stereocenters. The lowest BCUT2D eigenvalue weighted by Gasteiger charge is -2.38. The highest BCUT2D eigenvalue weighted by atomic mass is 32.3. The molecule has 0 bridgehead atoms. The van der Waals surface area contributed by atoms with Crippen LogP contribution in [0, 0.1) is 20.8 Å². The van der Waals surface area contributed by atoms with Gasteiger partial charge in [-0.1, -0.05) is 0 Å². The molecule has 0 amide bonds. The van der Waals surface area contributed by atoms with Crippen molar-refractivity contribution < 1.29 is 13.8 Å². The fourth-order valence-electron chi connectivity index (χ4n) is 2.80. The lowest BCUT2D eigenvalue weighted by atomic mass is 9.88. The highest BCUT2D eigenvalue weighted by Crippen LogP contribution is 2.50. The van der Waals surface area contributed by atoms with Crippen molar-refractivity contribution in [3.8, 4) is 5.75 Å². The molecule has 1 aliphatic rings. The molecule has 108 valence electrons. The second kappa shape index (κ2) is 4.38. The second-order valence-electron chi connectivity index (χ2n) is 5.97. The van der Waals surface area contributed by atoms with E-state index in [-0.39, 0.29) is 5.60 Å². The molecule has 0 fully saturated rings. The molecule has 0 radical (unpaired) electrons. The lowest BCUT2D eigenvalue weighted by molar-refractivity contribution is 0.0831. The van der Waals surface area contributed by atoms with Gasteiger partial charge in [0.1, 0.15) is 11.4 Å². The van der Waals surface area contributed by atoms with Crippen LogP contribution in [0.5, 0.6) is 5.75 Å². The summed E-state index contributed by atoms with van der Waals surface area (Å²) in [6.45, 7) is 9.85. The van der Waals surface area contributed by atoms with E-state index in [9.17, 15) is 9.11 Å². The molecular weight excluding hydrogens is 262 g/mol. The molecule has 0 aliphatic carbocycles. The van der Waals surface area contributed by atoms with Gasteiger partial charge in [0.05, 0.1) is 4.90 Å².